The monoisotopic (exact) mass is 276 g/mol. The molecular formula is C14H20N4S. The molecule has 4 nitrogen and oxygen atoms in total. The average molecular weight is 276 g/mol. The number of aromatic amines is 1. The number of nitrogens with zero attached hydrogens (tertiary/aromatic N) is 2. The van der Waals surface area contributed by atoms with Gasteiger partial charge in [-0.3, -0.25) is 4.90 Å². The summed E-state index contributed by atoms with van der Waals surface area (Å²) in [5.74, 6) is 1.02. The molecule has 1 saturated heterocycles. The largest absolute Gasteiger partial charge is 0.333 e. The minimum Gasteiger partial charge on any atom is -0.333 e. The molecule has 2 N–H and O–H groups in total. The van der Waals surface area contributed by atoms with Crippen LogP contribution in [0.3, 0.4) is 0 Å². The Bertz CT molecular complexity index is 545. The second kappa shape index (κ2) is 5.94. The molecule has 3 rings (SSSR count). The van der Waals surface area contributed by atoms with Crippen LogP contribution in [0, 0.1) is 0 Å². The lowest BCUT2D eigenvalue weighted by Crippen LogP contribution is -2.43. The van der Waals surface area contributed by atoms with Crippen molar-refractivity contribution in [1.82, 2.24) is 20.2 Å². The molecule has 0 saturated carbocycles. The van der Waals surface area contributed by atoms with E-state index in [4.69, 9.17) is 0 Å². The van der Waals surface area contributed by atoms with Gasteiger partial charge in [-0.2, -0.15) is 0 Å². The number of benzene rings is 1. The molecular weight excluding hydrogens is 256 g/mol. The molecule has 0 bridgehead atoms. The van der Waals surface area contributed by atoms with Crippen LogP contribution in [0.5, 0.6) is 0 Å². The highest BCUT2D eigenvalue weighted by Crippen LogP contribution is 2.21. The number of thioether (sulfide) groups is 1. The van der Waals surface area contributed by atoms with Gasteiger partial charge >= 0.3 is 0 Å². The van der Waals surface area contributed by atoms with Crippen molar-refractivity contribution in [1.29, 1.82) is 0 Å². The van der Waals surface area contributed by atoms with Crippen molar-refractivity contribution in [3.63, 3.8) is 0 Å². The van der Waals surface area contributed by atoms with Crippen molar-refractivity contribution in [3.8, 4) is 0 Å². The Labute approximate surface area is 118 Å². The quantitative estimate of drug-likeness (QED) is 0.839. The minimum atomic E-state index is 1.02. The first-order valence-electron chi connectivity index (χ1n) is 6.89. The zero-order valence-corrected chi connectivity index (χ0v) is 12.1. The highest BCUT2D eigenvalue weighted by Gasteiger charge is 2.11. The number of aryl methyl sites for hydroxylation is 1. The van der Waals surface area contributed by atoms with Crippen molar-refractivity contribution in [2.45, 2.75) is 18.5 Å². The molecule has 0 atom stereocenters. The lowest BCUT2D eigenvalue weighted by molar-refractivity contribution is 0.280. The number of hydrogen-bond donors (Lipinski definition) is 2. The molecule has 19 heavy (non-hydrogen) atoms. The fourth-order valence-corrected chi connectivity index (χ4v) is 3.22. The van der Waals surface area contributed by atoms with Gasteiger partial charge in [-0.25, -0.2) is 4.98 Å². The molecule has 5 heteroatoms. The Balaban J connectivity index is 1.67. The molecule has 2 aromatic rings. The summed E-state index contributed by atoms with van der Waals surface area (Å²) in [6, 6.07) is 6.48. The van der Waals surface area contributed by atoms with Crippen LogP contribution >= 0.6 is 11.8 Å². The third kappa shape index (κ3) is 3.11. The van der Waals surface area contributed by atoms with E-state index < -0.39 is 0 Å². The van der Waals surface area contributed by atoms with E-state index in [1.54, 1.807) is 11.8 Å². The van der Waals surface area contributed by atoms with E-state index in [1.165, 1.54) is 5.56 Å². The summed E-state index contributed by atoms with van der Waals surface area (Å²) >= 11 is 1.80. The van der Waals surface area contributed by atoms with Crippen molar-refractivity contribution < 1.29 is 0 Å². The number of rotatable bonds is 4. The predicted octanol–water partition coefficient (Wildman–Crippen LogP) is 2.08. The second-order valence-corrected chi connectivity index (χ2v) is 5.82. The maximum absolute atomic E-state index is 4.64. The molecule has 1 aliphatic heterocycles. The van der Waals surface area contributed by atoms with Gasteiger partial charge in [0.05, 0.1) is 16.9 Å². The summed E-state index contributed by atoms with van der Waals surface area (Å²) in [6.07, 6.45) is 1.07. The Kier molecular flexibility index (Phi) is 4.06. The Morgan fingerprint density at radius 1 is 1.32 bits per heavy atom. The molecule has 0 spiro atoms. The van der Waals surface area contributed by atoms with E-state index in [2.05, 4.69) is 45.3 Å². The minimum absolute atomic E-state index is 1.02. The van der Waals surface area contributed by atoms with Crippen LogP contribution in [0.25, 0.3) is 11.0 Å². The first-order valence-corrected chi connectivity index (χ1v) is 7.88. The van der Waals surface area contributed by atoms with Crippen LogP contribution in [0.4, 0.5) is 0 Å². The summed E-state index contributed by atoms with van der Waals surface area (Å²) < 4.78 is 0. The van der Waals surface area contributed by atoms with Crippen LogP contribution < -0.4 is 5.32 Å². The molecule has 0 radical (unpaired) electrons. The highest BCUT2D eigenvalue weighted by atomic mass is 32.2. The topological polar surface area (TPSA) is 44.0 Å². The van der Waals surface area contributed by atoms with Gasteiger partial charge in [0.15, 0.2) is 5.16 Å². The van der Waals surface area contributed by atoms with Crippen molar-refractivity contribution in [2.24, 2.45) is 0 Å². The van der Waals surface area contributed by atoms with Crippen LogP contribution in [0.2, 0.25) is 0 Å². The van der Waals surface area contributed by atoms with Crippen molar-refractivity contribution in [3.05, 3.63) is 23.8 Å². The molecule has 0 unspecified atom stereocenters. The number of imidazole rings is 1. The molecule has 1 aromatic heterocycles. The molecule has 2 heterocycles. The van der Waals surface area contributed by atoms with E-state index in [-0.39, 0.29) is 0 Å². The van der Waals surface area contributed by atoms with E-state index in [0.29, 0.717) is 0 Å². The van der Waals surface area contributed by atoms with Crippen molar-refractivity contribution in [2.75, 3.05) is 32.1 Å². The SMILES string of the molecule is CCc1ccc2nc(SCN3CCNCC3)[nH]c2c1. The highest BCUT2D eigenvalue weighted by molar-refractivity contribution is 7.99. The van der Waals surface area contributed by atoms with Crippen LogP contribution in [0.1, 0.15) is 12.5 Å². The average Bonchev–Trinajstić information content (AvgIpc) is 2.88. The lowest BCUT2D eigenvalue weighted by atomic mass is 10.1. The first-order chi connectivity index (χ1) is 9.35. The summed E-state index contributed by atoms with van der Waals surface area (Å²) in [7, 11) is 0. The number of piperazine rings is 1. The number of H-pyrrole nitrogens is 1. The van der Waals surface area contributed by atoms with Gasteiger partial charge in [-0.05, 0) is 24.1 Å². The first kappa shape index (κ1) is 13.0. The van der Waals surface area contributed by atoms with E-state index in [0.717, 1.165) is 54.7 Å². The van der Waals surface area contributed by atoms with Gasteiger partial charge in [0.1, 0.15) is 0 Å². The fourth-order valence-electron chi connectivity index (χ4n) is 2.31. The summed E-state index contributed by atoms with van der Waals surface area (Å²) in [5.41, 5.74) is 3.58. The number of nitrogens with one attached hydrogen (secondary N) is 2. The van der Waals surface area contributed by atoms with E-state index >= 15 is 0 Å². The standard InChI is InChI=1S/C14H20N4S/c1-2-11-3-4-12-13(9-11)17-14(16-12)19-10-18-7-5-15-6-8-18/h3-4,9,15H,2,5-8,10H2,1H3,(H,16,17). The maximum Gasteiger partial charge on any atom is 0.167 e. The smallest absolute Gasteiger partial charge is 0.167 e. The fraction of sp³-hybridized carbons (Fsp3) is 0.500. The summed E-state index contributed by atoms with van der Waals surface area (Å²) in [5, 5.41) is 4.40. The summed E-state index contributed by atoms with van der Waals surface area (Å²) in [6.45, 7) is 6.64. The Morgan fingerprint density at radius 3 is 2.95 bits per heavy atom. The number of hydrogen-bond acceptors (Lipinski definition) is 4. The van der Waals surface area contributed by atoms with Crippen LogP contribution in [-0.2, 0) is 6.42 Å². The van der Waals surface area contributed by atoms with Gasteiger partial charge in [-0.1, -0.05) is 24.8 Å². The van der Waals surface area contributed by atoms with Gasteiger partial charge in [0.25, 0.3) is 0 Å². The van der Waals surface area contributed by atoms with E-state index in [1.807, 2.05) is 0 Å². The normalized spacial score (nSPS) is 17.1. The molecule has 102 valence electrons. The zero-order chi connectivity index (χ0) is 13.1. The predicted molar refractivity (Wildman–Crippen MR) is 80.6 cm³/mol. The lowest BCUT2D eigenvalue weighted by Gasteiger charge is -2.26. The van der Waals surface area contributed by atoms with Gasteiger partial charge in [-0.15, -0.1) is 0 Å². The Hall–Kier alpha value is -1.04. The van der Waals surface area contributed by atoms with Gasteiger partial charge in [0, 0.05) is 26.2 Å². The molecule has 1 aliphatic rings. The van der Waals surface area contributed by atoms with E-state index in [9.17, 15) is 0 Å². The molecule has 1 aromatic carbocycles. The summed E-state index contributed by atoms with van der Waals surface area (Å²) in [4.78, 5) is 10.5. The van der Waals surface area contributed by atoms with Gasteiger partial charge in [0.2, 0.25) is 0 Å². The zero-order valence-electron chi connectivity index (χ0n) is 11.3. The number of fused-ring (bicyclic) bond motifs is 1. The second-order valence-electron chi connectivity index (χ2n) is 4.89. The molecule has 0 aliphatic carbocycles. The van der Waals surface area contributed by atoms with Crippen LogP contribution in [-0.4, -0.2) is 46.9 Å². The Morgan fingerprint density at radius 2 is 2.16 bits per heavy atom. The van der Waals surface area contributed by atoms with Crippen molar-refractivity contribution >= 4 is 22.8 Å². The van der Waals surface area contributed by atoms with Gasteiger partial charge < -0.3 is 10.3 Å². The van der Waals surface area contributed by atoms with Crippen LogP contribution in [0.15, 0.2) is 23.4 Å². The molecule has 1 fully saturated rings. The third-order valence-electron chi connectivity index (χ3n) is 3.53. The third-order valence-corrected chi connectivity index (χ3v) is 4.49. The molecule has 0 amide bonds. The maximum atomic E-state index is 4.64. The number of aromatic nitrogens is 2.